The van der Waals surface area contributed by atoms with Crippen molar-refractivity contribution in [3.8, 4) is 11.5 Å². The summed E-state index contributed by atoms with van der Waals surface area (Å²) in [5.41, 5.74) is 28.7. The molecule has 0 fully saturated rings. The van der Waals surface area contributed by atoms with Gasteiger partial charge >= 0.3 is 5.97 Å². The lowest BCUT2D eigenvalue weighted by Crippen LogP contribution is -2.63. The summed E-state index contributed by atoms with van der Waals surface area (Å²) in [7, 11) is 0. The molecular weight excluding hydrogens is 1260 g/mol. The molecule has 0 unspecified atom stereocenters. The minimum atomic E-state index is -2.03. The maximum Gasteiger partial charge on any atom is 0.326 e. The normalized spacial score (nSPS) is 15.3. The van der Waals surface area contributed by atoms with Crippen LogP contribution >= 0.6 is 0 Å². The Morgan fingerprint density at radius 3 is 1.16 bits per heavy atom. The van der Waals surface area contributed by atoms with Gasteiger partial charge in [-0.05, 0) is 97.6 Å². The molecule has 0 spiro atoms. The first-order valence-corrected chi connectivity index (χ1v) is 32.1. The van der Waals surface area contributed by atoms with Crippen molar-refractivity contribution in [1.29, 1.82) is 0 Å². The predicted molar refractivity (Wildman–Crippen MR) is 356 cm³/mol. The number of guanidine groups is 1. The van der Waals surface area contributed by atoms with Gasteiger partial charge in [0.1, 0.15) is 71.9 Å². The van der Waals surface area contributed by atoms with E-state index in [0.29, 0.717) is 24.0 Å². The number of rotatable bonds is 42. The van der Waals surface area contributed by atoms with Crippen molar-refractivity contribution in [3.05, 3.63) is 59.7 Å². The predicted octanol–water partition coefficient (Wildman–Crippen LogP) is -3.22. The number of aromatic hydroxyl groups is 2. The first kappa shape index (κ1) is 83.4. The minimum absolute atomic E-state index is 0.0880. The van der Waals surface area contributed by atoms with E-state index in [1.807, 2.05) is 0 Å². The Labute approximate surface area is 564 Å². The van der Waals surface area contributed by atoms with Crippen molar-refractivity contribution in [2.75, 3.05) is 6.54 Å². The van der Waals surface area contributed by atoms with Crippen molar-refractivity contribution in [2.24, 2.45) is 63.3 Å². The number of primary amides is 2. The number of benzene rings is 2. The third-order valence-corrected chi connectivity index (χ3v) is 15.4. The number of carboxylic acids is 1. The van der Waals surface area contributed by atoms with Gasteiger partial charge in [-0.25, -0.2) is 4.79 Å². The summed E-state index contributed by atoms with van der Waals surface area (Å²) in [5, 5.41) is 65.6. The van der Waals surface area contributed by atoms with Crippen LogP contribution in [-0.4, -0.2) is 182 Å². The monoisotopic (exact) mass is 1370 g/mol. The minimum Gasteiger partial charge on any atom is -0.508 e. The summed E-state index contributed by atoms with van der Waals surface area (Å²) in [6, 6.07) is -5.66. The highest BCUT2D eigenvalue weighted by Gasteiger charge is 2.39. The largest absolute Gasteiger partial charge is 0.508 e. The molecule has 33 heteroatoms. The van der Waals surface area contributed by atoms with Gasteiger partial charge in [0, 0.05) is 19.4 Å². The van der Waals surface area contributed by atoms with Crippen molar-refractivity contribution in [2.45, 2.75) is 207 Å². The van der Waals surface area contributed by atoms with Crippen molar-refractivity contribution in [1.82, 2.24) is 53.2 Å². The molecule has 33 nitrogen and oxygen atoms in total. The molecular formula is C64H102N16O17. The number of nitrogens with one attached hydrogen (secondary N) is 10. The van der Waals surface area contributed by atoms with Crippen LogP contribution in [0.5, 0.6) is 11.5 Å². The number of nitrogens with two attached hydrogens (primary N) is 5. The molecule has 24 N–H and O–H groups in total. The number of aliphatic hydroxyl groups excluding tert-OH is 1. The summed E-state index contributed by atoms with van der Waals surface area (Å²) in [4.78, 5) is 182. The topological polar surface area (TPSA) is 566 Å². The van der Waals surface area contributed by atoms with E-state index in [0.717, 1.165) is 6.92 Å². The van der Waals surface area contributed by atoms with Crippen LogP contribution in [0.15, 0.2) is 53.5 Å². The van der Waals surface area contributed by atoms with E-state index in [-0.39, 0.29) is 67.9 Å². The highest BCUT2D eigenvalue weighted by atomic mass is 16.4. The molecule has 0 radical (unpaired) electrons. The quantitative estimate of drug-likeness (QED) is 0.0177. The zero-order chi connectivity index (χ0) is 73.7. The number of carboxylic acid groups (broad SMARTS) is 1. The van der Waals surface area contributed by atoms with Crippen LogP contribution in [0.25, 0.3) is 0 Å². The zero-order valence-electron chi connectivity index (χ0n) is 56.9. The van der Waals surface area contributed by atoms with Crippen LogP contribution < -0.4 is 81.8 Å². The van der Waals surface area contributed by atoms with Gasteiger partial charge in [-0.3, -0.25) is 62.5 Å². The summed E-state index contributed by atoms with van der Waals surface area (Å²) in [5.74, 6) is -16.3. The van der Waals surface area contributed by atoms with E-state index < -0.39 is 180 Å². The van der Waals surface area contributed by atoms with Gasteiger partial charge in [0.2, 0.25) is 70.9 Å². The molecule has 97 heavy (non-hydrogen) atoms. The molecule has 12 amide bonds. The van der Waals surface area contributed by atoms with Crippen LogP contribution in [0.4, 0.5) is 0 Å². The molecule has 0 saturated carbocycles. The van der Waals surface area contributed by atoms with E-state index in [2.05, 4.69) is 58.2 Å². The Kier molecular flexibility index (Phi) is 35.0. The second-order valence-electron chi connectivity index (χ2n) is 25.7. The highest BCUT2D eigenvalue weighted by molar-refractivity contribution is 6.01. The summed E-state index contributed by atoms with van der Waals surface area (Å²) >= 11 is 0. The van der Waals surface area contributed by atoms with E-state index in [1.54, 1.807) is 69.2 Å². The second kappa shape index (κ2) is 40.7. The van der Waals surface area contributed by atoms with Gasteiger partial charge in [0.15, 0.2) is 5.96 Å². The first-order valence-electron chi connectivity index (χ1n) is 32.1. The average molecular weight is 1370 g/mol. The Balaban J connectivity index is 2.41. The van der Waals surface area contributed by atoms with Crippen LogP contribution in [0, 0.1) is 29.6 Å². The van der Waals surface area contributed by atoms with Crippen LogP contribution in [0.2, 0.25) is 0 Å². The molecule has 0 aliphatic rings. The number of aliphatic hydroxyl groups is 1. The fraction of sp³-hybridized carbons (Fsp3) is 0.594. The molecule has 2 aromatic carbocycles. The number of hydrogen-bond donors (Lipinski definition) is 19. The lowest BCUT2D eigenvalue weighted by atomic mass is 9.95. The number of nitrogens with zero attached hydrogens (tertiary/aromatic N) is 1. The summed E-state index contributed by atoms with van der Waals surface area (Å²) in [6.45, 7) is 18.0. The van der Waals surface area contributed by atoms with E-state index in [1.165, 1.54) is 48.5 Å². The number of carbonyl (C=O) groups excluding carboxylic acids is 12. The maximum atomic E-state index is 14.3. The smallest absolute Gasteiger partial charge is 0.326 e. The third-order valence-electron chi connectivity index (χ3n) is 15.4. The second-order valence-corrected chi connectivity index (χ2v) is 25.7. The maximum absolute atomic E-state index is 14.3. The lowest BCUT2D eigenvalue weighted by Gasteiger charge is -2.31. The fourth-order valence-corrected chi connectivity index (χ4v) is 9.81. The van der Waals surface area contributed by atoms with E-state index >= 15 is 0 Å². The summed E-state index contributed by atoms with van der Waals surface area (Å²) < 4.78 is 0. The van der Waals surface area contributed by atoms with E-state index in [9.17, 15) is 82.8 Å². The zero-order valence-corrected chi connectivity index (χ0v) is 56.9. The number of carbonyl (C=O) groups is 13. The Bertz CT molecular complexity index is 3050. The molecule has 0 aliphatic heterocycles. The average Bonchev–Trinajstić information content (AvgIpc) is 0.863. The van der Waals surface area contributed by atoms with Gasteiger partial charge in [0.05, 0.1) is 25.0 Å². The number of aliphatic imine (C=N–C) groups is 1. The van der Waals surface area contributed by atoms with Gasteiger partial charge in [-0.1, -0.05) is 99.9 Å². The SMILES string of the molecule is CC[C@H](C)[C@H](NC(=O)[C@@H](N)CCCN=C(N)N)C(=O)N[C@H](C(=O)N[C@H](C(=O)N[C@@H](CC(C)C)C(=O)N[C@@H](CC(N)=O)C(=O)N[C@H](C(=O)N[C@@H](CC(N)=O)C(=O)N[C@@H](CC(C)C)C(=O)N[C@@H](Cc1ccc(O)cc1)C(=O)N[C@@H](Cc1ccc(O)cc1)C(=O)O)[C@@H](C)O)C(C)C)C(C)C. The van der Waals surface area contributed by atoms with Crippen LogP contribution in [-0.2, 0) is 75.2 Å². The van der Waals surface area contributed by atoms with Gasteiger partial charge < -0.3 is 102 Å². The third kappa shape index (κ3) is 29.9. The fourth-order valence-electron chi connectivity index (χ4n) is 9.81. The molecule has 13 atom stereocenters. The standard InChI is InChI=1S/C64H102N16O17/c1-12-34(10)51(79-53(86)40(65)14-13-23-70-64(68)69)61(94)78-50(33(8)9)60(93)77-49(32(6)7)59(92)74-42(25-31(4)5)55(88)73-45(29-48(67)85)58(91)80-52(35(11)81)62(95)75-44(28-47(66)84)57(90)71-41(24-30(2)3)54(87)72-43(26-36-15-19-38(82)20-16-36)56(89)76-46(63(96)97)27-37-17-21-39(83)22-18-37/h15-22,30-35,40-46,49-52,81-83H,12-14,23-29,65H2,1-11H3,(H2,66,84)(H2,67,85)(H,71,90)(H,72,87)(H,73,88)(H,74,92)(H,75,95)(H,76,89)(H,77,93)(H,78,94)(H,79,86)(H,80,91)(H,96,97)(H4,68,69,70)/t34-,35+,40-,41-,42-,43-,44-,45-,46-,49-,50-,51-,52-/m0/s1. The Morgan fingerprint density at radius 1 is 0.433 bits per heavy atom. The number of amides is 12. The molecule has 0 heterocycles. The number of phenolic OH excluding ortho intramolecular Hbond substituents is 2. The first-order chi connectivity index (χ1) is 45.2. The van der Waals surface area contributed by atoms with Crippen molar-refractivity contribution in [3.63, 3.8) is 0 Å². The van der Waals surface area contributed by atoms with Gasteiger partial charge in [-0.15, -0.1) is 0 Å². The molecule has 2 aromatic rings. The van der Waals surface area contributed by atoms with E-state index in [4.69, 9.17) is 28.7 Å². The number of aliphatic carboxylic acids is 1. The molecule has 540 valence electrons. The van der Waals surface area contributed by atoms with Gasteiger partial charge in [0.25, 0.3) is 0 Å². The molecule has 0 aromatic heterocycles. The van der Waals surface area contributed by atoms with Crippen LogP contribution in [0.3, 0.4) is 0 Å². The molecule has 0 aliphatic carbocycles. The lowest BCUT2D eigenvalue weighted by molar-refractivity contribution is -0.142. The molecule has 0 bridgehead atoms. The van der Waals surface area contributed by atoms with Gasteiger partial charge in [-0.2, -0.15) is 0 Å². The Morgan fingerprint density at radius 2 is 0.763 bits per heavy atom. The number of phenols is 2. The molecule has 2 rings (SSSR count). The Hall–Kier alpha value is -9.66. The van der Waals surface area contributed by atoms with Crippen molar-refractivity contribution < 1.29 is 82.8 Å². The molecule has 0 saturated heterocycles. The van der Waals surface area contributed by atoms with Crippen molar-refractivity contribution >= 4 is 82.8 Å². The summed E-state index contributed by atoms with van der Waals surface area (Å²) in [6.07, 6.45) is -3.41. The highest BCUT2D eigenvalue weighted by Crippen LogP contribution is 2.18. The number of hydrogen-bond acceptors (Lipinski definition) is 18. The van der Waals surface area contributed by atoms with Crippen LogP contribution in [0.1, 0.15) is 132 Å².